The third-order valence-corrected chi connectivity index (χ3v) is 9.79. The van der Waals surface area contributed by atoms with Gasteiger partial charge < -0.3 is 5.32 Å². The second-order valence-electron chi connectivity index (χ2n) is 14.7. The predicted octanol–water partition coefficient (Wildman–Crippen LogP) is 12.4. The Balaban J connectivity index is 1.70. The van der Waals surface area contributed by atoms with Gasteiger partial charge >= 0.3 is 0 Å². The average molecular weight is 594 g/mol. The number of hydrogen-bond acceptors (Lipinski definition) is 1. The van der Waals surface area contributed by atoms with Crippen LogP contribution in [0, 0.1) is 0 Å². The second kappa shape index (κ2) is 12.4. The maximum atomic E-state index is 4.50. The molecule has 1 N–H and O–H groups in total. The van der Waals surface area contributed by atoms with Crippen molar-refractivity contribution in [2.75, 3.05) is 0 Å². The van der Waals surface area contributed by atoms with E-state index < -0.39 is 0 Å². The molecule has 0 saturated carbocycles. The second-order valence-corrected chi connectivity index (χ2v) is 14.7. The lowest BCUT2D eigenvalue weighted by Crippen LogP contribution is -2.39. The summed E-state index contributed by atoms with van der Waals surface area (Å²) in [5.74, 6) is 0. The Morgan fingerprint density at radius 3 is 1.49 bits per heavy atom. The van der Waals surface area contributed by atoms with Crippen LogP contribution in [0.25, 0.3) is 39.1 Å². The minimum atomic E-state index is -0.0856. The van der Waals surface area contributed by atoms with E-state index >= 15 is 0 Å². The van der Waals surface area contributed by atoms with E-state index in [1.165, 1.54) is 55.6 Å². The lowest BCUT2D eigenvalue weighted by atomic mass is 9.68. The van der Waals surface area contributed by atoms with E-state index in [1.54, 1.807) is 0 Å². The van der Waals surface area contributed by atoms with Gasteiger partial charge in [-0.2, -0.15) is 0 Å². The summed E-state index contributed by atoms with van der Waals surface area (Å²) in [5.41, 5.74) is 15.0. The van der Waals surface area contributed by atoms with E-state index in [2.05, 4.69) is 177 Å². The van der Waals surface area contributed by atoms with Gasteiger partial charge in [-0.1, -0.05) is 135 Å². The number of rotatable bonds is 6. The average Bonchev–Trinajstić information content (AvgIpc) is 3.03. The SMILES string of the molecule is C=C1N/C(=C\C=C/C)c2cc(-c3cc(-c4ccc(C(C)(C)C)cc4)cc(-c4ccc(C(C)(C)C)cc4)c3)ccc2C1(CC)CC. The first-order valence-corrected chi connectivity index (χ1v) is 16.6. The van der Waals surface area contributed by atoms with E-state index in [0.717, 1.165) is 24.2 Å². The van der Waals surface area contributed by atoms with Crippen molar-refractivity contribution >= 4 is 5.70 Å². The van der Waals surface area contributed by atoms with Crippen LogP contribution in [0.5, 0.6) is 0 Å². The first kappa shape index (κ1) is 32.3. The van der Waals surface area contributed by atoms with Crippen LogP contribution in [-0.4, -0.2) is 0 Å². The lowest BCUT2D eigenvalue weighted by Gasteiger charge is -2.42. The molecule has 0 aliphatic carbocycles. The van der Waals surface area contributed by atoms with Crippen molar-refractivity contribution < 1.29 is 0 Å². The molecule has 0 aromatic heterocycles. The highest BCUT2D eigenvalue weighted by Crippen LogP contribution is 2.46. The Hall–Kier alpha value is -4.10. The summed E-state index contributed by atoms with van der Waals surface area (Å²) in [6.07, 6.45) is 8.38. The molecular weight excluding hydrogens is 542 g/mol. The summed E-state index contributed by atoms with van der Waals surface area (Å²) in [5, 5.41) is 3.70. The summed E-state index contributed by atoms with van der Waals surface area (Å²) in [7, 11) is 0. The van der Waals surface area contributed by atoms with Crippen LogP contribution in [0.4, 0.5) is 0 Å². The highest BCUT2D eigenvalue weighted by Gasteiger charge is 2.38. The fraction of sp³-hybridized carbons (Fsp3) is 0.318. The number of fused-ring (bicyclic) bond motifs is 1. The van der Waals surface area contributed by atoms with Crippen molar-refractivity contribution in [2.24, 2.45) is 0 Å². The molecule has 5 rings (SSSR count). The Bertz CT molecular complexity index is 1670. The van der Waals surface area contributed by atoms with Crippen LogP contribution >= 0.6 is 0 Å². The van der Waals surface area contributed by atoms with E-state index in [0.29, 0.717) is 0 Å². The molecule has 0 atom stereocenters. The van der Waals surface area contributed by atoms with Crippen LogP contribution in [0.3, 0.4) is 0 Å². The fourth-order valence-corrected chi connectivity index (χ4v) is 6.71. The standard InChI is InChI=1S/C44H51N/c1-11-14-15-41-39-29-33(20-25-40(39)44(12-2,13-3)30(4)45-41)36-27-34(31-16-21-37(22-17-31)42(5,6)7)26-35(28-36)32-18-23-38(24-19-32)43(8,9)10/h11,14-29,45H,4,12-13H2,1-3,5-10H3/b14-11-,41-15-. The Kier molecular flexibility index (Phi) is 8.87. The molecule has 232 valence electrons. The fourth-order valence-electron chi connectivity index (χ4n) is 6.71. The quantitative estimate of drug-likeness (QED) is 0.234. The third-order valence-electron chi connectivity index (χ3n) is 9.79. The largest absolute Gasteiger partial charge is 0.358 e. The van der Waals surface area contributed by atoms with Gasteiger partial charge in [-0.3, -0.25) is 0 Å². The number of benzene rings is 4. The van der Waals surface area contributed by atoms with Crippen LogP contribution in [0.15, 0.2) is 115 Å². The van der Waals surface area contributed by atoms with Gasteiger partial charge in [0.05, 0.1) is 0 Å². The van der Waals surface area contributed by atoms with Gasteiger partial charge in [0.2, 0.25) is 0 Å². The summed E-state index contributed by atoms with van der Waals surface area (Å²) >= 11 is 0. The van der Waals surface area contributed by atoms with Crippen molar-refractivity contribution in [3.05, 3.63) is 138 Å². The zero-order valence-electron chi connectivity index (χ0n) is 28.9. The van der Waals surface area contributed by atoms with Crippen molar-refractivity contribution in [1.29, 1.82) is 0 Å². The first-order chi connectivity index (χ1) is 21.3. The minimum Gasteiger partial charge on any atom is -0.358 e. The molecule has 0 spiro atoms. The van der Waals surface area contributed by atoms with E-state index in [-0.39, 0.29) is 16.2 Å². The minimum absolute atomic E-state index is 0.0856. The van der Waals surface area contributed by atoms with Crippen molar-refractivity contribution in [2.45, 2.75) is 91.4 Å². The molecule has 0 amide bonds. The van der Waals surface area contributed by atoms with E-state index in [4.69, 9.17) is 0 Å². The van der Waals surface area contributed by atoms with Gasteiger partial charge in [0, 0.05) is 22.4 Å². The monoisotopic (exact) mass is 593 g/mol. The highest BCUT2D eigenvalue weighted by atomic mass is 14.9. The van der Waals surface area contributed by atoms with Gasteiger partial charge in [0.15, 0.2) is 0 Å². The molecule has 0 saturated heterocycles. The zero-order valence-corrected chi connectivity index (χ0v) is 28.9. The Morgan fingerprint density at radius 1 is 0.622 bits per heavy atom. The molecule has 0 bridgehead atoms. The van der Waals surface area contributed by atoms with Gasteiger partial charge in [0.25, 0.3) is 0 Å². The number of allylic oxidation sites excluding steroid dienone is 4. The molecule has 4 aromatic rings. The smallest absolute Gasteiger partial charge is 0.0458 e. The van der Waals surface area contributed by atoms with Crippen LogP contribution in [0.1, 0.15) is 97.4 Å². The van der Waals surface area contributed by atoms with E-state index in [1.807, 2.05) is 0 Å². The summed E-state index contributed by atoms with van der Waals surface area (Å²) in [6.45, 7) is 24.7. The molecular formula is C44H51N. The van der Waals surface area contributed by atoms with Crippen LogP contribution in [-0.2, 0) is 16.2 Å². The lowest BCUT2D eigenvalue weighted by molar-refractivity contribution is 0.442. The third kappa shape index (κ3) is 6.36. The number of nitrogens with one attached hydrogen (secondary N) is 1. The molecule has 0 fully saturated rings. The maximum absolute atomic E-state index is 4.50. The first-order valence-electron chi connectivity index (χ1n) is 16.6. The molecule has 1 heterocycles. The molecule has 1 nitrogen and oxygen atoms in total. The molecule has 45 heavy (non-hydrogen) atoms. The Labute approximate surface area is 272 Å². The molecule has 4 aromatic carbocycles. The van der Waals surface area contributed by atoms with Crippen molar-refractivity contribution in [3.8, 4) is 33.4 Å². The van der Waals surface area contributed by atoms with Gasteiger partial charge in [-0.15, -0.1) is 0 Å². The predicted molar refractivity (Wildman–Crippen MR) is 197 cm³/mol. The number of hydrogen-bond donors (Lipinski definition) is 1. The van der Waals surface area contributed by atoms with Crippen LogP contribution < -0.4 is 5.32 Å². The topological polar surface area (TPSA) is 12.0 Å². The molecule has 1 aliphatic heterocycles. The summed E-state index contributed by atoms with van der Waals surface area (Å²) in [6, 6.07) is 32.4. The van der Waals surface area contributed by atoms with Crippen molar-refractivity contribution in [3.63, 3.8) is 0 Å². The van der Waals surface area contributed by atoms with Crippen LogP contribution in [0.2, 0.25) is 0 Å². The highest BCUT2D eigenvalue weighted by molar-refractivity contribution is 5.84. The molecule has 0 unspecified atom stereocenters. The summed E-state index contributed by atoms with van der Waals surface area (Å²) in [4.78, 5) is 0. The van der Waals surface area contributed by atoms with Crippen molar-refractivity contribution in [1.82, 2.24) is 5.32 Å². The maximum Gasteiger partial charge on any atom is 0.0458 e. The molecule has 0 radical (unpaired) electrons. The van der Waals surface area contributed by atoms with Gasteiger partial charge in [-0.25, -0.2) is 0 Å². The Morgan fingerprint density at radius 2 is 1.07 bits per heavy atom. The summed E-state index contributed by atoms with van der Waals surface area (Å²) < 4.78 is 0. The normalized spacial score (nSPS) is 15.8. The van der Waals surface area contributed by atoms with Gasteiger partial charge in [-0.05, 0) is 111 Å². The van der Waals surface area contributed by atoms with Gasteiger partial charge in [0.1, 0.15) is 0 Å². The zero-order chi connectivity index (χ0) is 32.6. The van der Waals surface area contributed by atoms with E-state index in [9.17, 15) is 0 Å². The molecule has 1 heteroatoms. The molecule has 1 aliphatic rings.